The van der Waals surface area contributed by atoms with Crippen molar-refractivity contribution in [2.45, 2.75) is 39.4 Å². The zero-order valence-electron chi connectivity index (χ0n) is 16.7. The van der Waals surface area contributed by atoms with E-state index in [1.807, 2.05) is 17.0 Å². The van der Waals surface area contributed by atoms with Crippen LogP contribution in [0, 0.1) is 20.8 Å². The highest BCUT2D eigenvalue weighted by Gasteiger charge is 2.41. The molecule has 1 N–H and O–H groups in total. The second-order valence-corrected chi connectivity index (χ2v) is 7.73. The predicted molar refractivity (Wildman–Crippen MR) is 108 cm³/mol. The van der Waals surface area contributed by atoms with Gasteiger partial charge in [-0.1, -0.05) is 17.7 Å². The lowest BCUT2D eigenvalue weighted by atomic mass is 10.0. The van der Waals surface area contributed by atoms with Gasteiger partial charge < -0.3 is 19.7 Å². The maximum Gasteiger partial charge on any atom is 0.272 e. The molecule has 28 heavy (non-hydrogen) atoms. The number of aryl methyl sites for hydroxylation is 3. The highest BCUT2D eigenvalue weighted by Crippen LogP contribution is 2.32. The first-order valence-corrected chi connectivity index (χ1v) is 9.84. The van der Waals surface area contributed by atoms with Crippen LogP contribution in [0.2, 0.25) is 0 Å². The van der Waals surface area contributed by atoms with Crippen molar-refractivity contribution >= 4 is 17.3 Å². The number of pyridine rings is 1. The van der Waals surface area contributed by atoms with Crippen LogP contribution in [0.4, 0.5) is 11.4 Å². The Morgan fingerprint density at radius 3 is 2.36 bits per heavy atom. The molecule has 1 spiro atoms. The van der Waals surface area contributed by atoms with Crippen molar-refractivity contribution in [2.75, 3.05) is 31.6 Å². The molecule has 0 aliphatic carbocycles. The van der Waals surface area contributed by atoms with E-state index in [0.717, 1.165) is 11.4 Å². The van der Waals surface area contributed by atoms with Gasteiger partial charge in [0.05, 0.1) is 13.2 Å². The number of carbonyl (C=O) groups excluding carboxylic acids is 1. The van der Waals surface area contributed by atoms with E-state index in [2.05, 4.69) is 43.2 Å². The molecule has 2 aliphatic heterocycles. The largest absolute Gasteiger partial charge is 0.355 e. The number of likely N-dealkylation sites (tertiary alicyclic amines) is 1. The summed E-state index contributed by atoms with van der Waals surface area (Å²) in [7, 11) is 0. The number of hydrogen-bond donors (Lipinski definition) is 1. The summed E-state index contributed by atoms with van der Waals surface area (Å²) < 4.78 is 11.5. The third-order valence-electron chi connectivity index (χ3n) is 5.55. The number of nitrogens with zero attached hydrogens (tertiary/aromatic N) is 2. The molecule has 0 atom stereocenters. The Bertz CT molecular complexity index is 857. The molecular weight excluding hydrogens is 354 g/mol. The standard InChI is InChI=1S/C22H27N3O3/c1-15-12-16(2)20(17(3)13-15)24-18-4-7-23-19(14-18)21(26)25-8-5-22(6-9-25)27-10-11-28-22/h4,7,12-14H,5-6,8-11H2,1-3H3,(H,23,24). The van der Waals surface area contributed by atoms with Gasteiger partial charge in [0, 0.05) is 43.5 Å². The smallest absolute Gasteiger partial charge is 0.272 e. The highest BCUT2D eigenvalue weighted by molar-refractivity contribution is 5.93. The number of piperidine rings is 1. The Balaban J connectivity index is 1.47. The second-order valence-electron chi connectivity index (χ2n) is 7.73. The number of amides is 1. The van der Waals surface area contributed by atoms with Crippen molar-refractivity contribution in [1.82, 2.24) is 9.88 Å². The molecule has 3 heterocycles. The minimum atomic E-state index is -0.478. The van der Waals surface area contributed by atoms with Crippen molar-refractivity contribution in [3.63, 3.8) is 0 Å². The van der Waals surface area contributed by atoms with Crippen LogP contribution in [0.3, 0.4) is 0 Å². The number of carbonyl (C=O) groups is 1. The van der Waals surface area contributed by atoms with Gasteiger partial charge in [-0.25, -0.2) is 0 Å². The molecule has 6 heteroatoms. The van der Waals surface area contributed by atoms with E-state index in [9.17, 15) is 4.79 Å². The molecule has 0 saturated carbocycles. The van der Waals surface area contributed by atoms with E-state index in [1.165, 1.54) is 16.7 Å². The molecule has 2 saturated heterocycles. The Labute approximate surface area is 165 Å². The zero-order valence-corrected chi connectivity index (χ0v) is 16.7. The van der Waals surface area contributed by atoms with Crippen molar-refractivity contribution in [2.24, 2.45) is 0 Å². The zero-order chi connectivity index (χ0) is 19.7. The maximum absolute atomic E-state index is 12.9. The third kappa shape index (κ3) is 3.75. The van der Waals surface area contributed by atoms with E-state index in [1.54, 1.807) is 6.20 Å². The third-order valence-corrected chi connectivity index (χ3v) is 5.55. The molecular formula is C22H27N3O3. The van der Waals surface area contributed by atoms with E-state index in [0.29, 0.717) is 44.8 Å². The quantitative estimate of drug-likeness (QED) is 0.878. The first-order chi connectivity index (χ1) is 13.5. The van der Waals surface area contributed by atoms with Crippen LogP contribution in [0.1, 0.15) is 40.0 Å². The fourth-order valence-electron chi connectivity index (χ4n) is 4.14. The molecule has 0 bridgehead atoms. The summed E-state index contributed by atoms with van der Waals surface area (Å²) in [4.78, 5) is 19.1. The van der Waals surface area contributed by atoms with Gasteiger partial charge in [-0.2, -0.15) is 0 Å². The molecule has 6 nitrogen and oxygen atoms in total. The van der Waals surface area contributed by atoms with E-state index >= 15 is 0 Å². The summed E-state index contributed by atoms with van der Waals surface area (Å²) in [6, 6.07) is 8.02. The van der Waals surface area contributed by atoms with Crippen LogP contribution >= 0.6 is 0 Å². The Morgan fingerprint density at radius 1 is 1.07 bits per heavy atom. The number of benzene rings is 1. The van der Waals surface area contributed by atoms with Crippen LogP contribution in [0.15, 0.2) is 30.5 Å². The van der Waals surface area contributed by atoms with Crippen LogP contribution in [-0.2, 0) is 9.47 Å². The molecule has 4 rings (SSSR count). The van der Waals surface area contributed by atoms with E-state index in [-0.39, 0.29) is 5.91 Å². The summed E-state index contributed by atoms with van der Waals surface area (Å²) in [5.74, 6) is -0.525. The van der Waals surface area contributed by atoms with Gasteiger partial charge in [0.1, 0.15) is 5.69 Å². The number of nitrogens with one attached hydrogen (secondary N) is 1. The number of aromatic nitrogens is 1. The molecule has 0 unspecified atom stereocenters. The molecule has 1 amide bonds. The van der Waals surface area contributed by atoms with Crippen molar-refractivity contribution in [1.29, 1.82) is 0 Å². The topological polar surface area (TPSA) is 63.7 Å². The second kappa shape index (κ2) is 7.53. The summed E-state index contributed by atoms with van der Waals surface area (Å²) in [6.45, 7) is 8.79. The number of anilines is 2. The highest BCUT2D eigenvalue weighted by atomic mass is 16.7. The van der Waals surface area contributed by atoms with Crippen LogP contribution in [-0.4, -0.2) is 47.9 Å². The summed E-state index contributed by atoms with van der Waals surface area (Å²) >= 11 is 0. The Morgan fingerprint density at radius 2 is 1.71 bits per heavy atom. The van der Waals surface area contributed by atoms with Crippen LogP contribution in [0.5, 0.6) is 0 Å². The molecule has 0 radical (unpaired) electrons. The van der Waals surface area contributed by atoms with Crippen molar-refractivity contribution in [3.8, 4) is 0 Å². The lowest BCUT2D eigenvalue weighted by Crippen LogP contribution is -2.47. The van der Waals surface area contributed by atoms with Crippen LogP contribution < -0.4 is 5.32 Å². The van der Waals surface area contributed by atoms with Gasteiger partial charge in [0.15, 0.2) is 5.79 Å². The number of hydrogen-bond acceptors (Lipinski definition) is 5. The lowest BCUT2D eigenvalue weighted by molar-refractivity contribution is -0.181. The van der Waals surface area contributed by atoms with Gasteiger partial charge in [-0.3, -0.25) is 9.78 Å². The normalized spacial score (nSPS) is 18.5. The Kier molecular flexibility index (Phi) is 5.08. The fourth-order valence-corrected chi connectivity index (χ4v) is 4.14. The predicted octanol–water partition coefficient (Wildman–Crippen LogP) is 3.73. The van der Waals surface area contributed by atoms with Gasteiger partial charge in [0.25, 0.3) is 5.91 Å². The average molecular weight is 381 g/mol. The average Bonchev–Trinajstić information content (AvgIpc) is 3.13. The van der Waals surface area contributed by atoms with Crippen molar-refractivity contribution < 1.29 is 14.3 Å². The van der Waals surface area contributed by atoms with Gasteiger partial charge >= 0.3 is 0 Å². The summed E-state index contributed by atoms with van der Waals surface area (Å²) in [6.07, 6.45) is 3.10. The van der Waals surface area contributed by atoms with Crippen molar-refractivity contribution in [3.05, 3.63) is 52.8 Å². The van der Waals surface area contributed by atoms with Gasteiger partial charge in [0.2, 0.25) is 0 Å². The monoisotopic (exact) mass is 381 g/mol. The Hall–Kier alpha value is -2.44. The number of ether oxygens (including phenoxy) is 2. The minimum Gasteiger partial charge on any atom is -0.355 e. The molecule has 2 aliphatic rings. The van der Waals surface area contributed by atoms with Gasteiger partial charge in [-0.15, -0.1) is 0 Å². The molecule has 148 valence electrons. The fraction of sp³-hybridized carbons (Fsp3) is 0.455. The molecule has 1 aromatic heterocycles. The number of rotatable bonds is 3. The minimum absolute atomic E-state index is 0.0474. The lowest BCUT2D eigenvalue weighted by Gasteiger charge is -2.37. The van der Waals surface area contributed by atoms with E-state index in [4.69, 9.17) is 9.47 Å². The molecule has 2 fully saturated rings. The van der Waals surface area contributed by atoms with Gasteiger partial charge in [-0.05, 0) is 44.0 Å². The summed E-state index contributed by atoms with van der Waals surface area (Å²) in [5.41, 5.74) is 6.00. The summed E-state index contributed by atoms with van der Waals surface area (Å²) in [5, 5.41) is 3.45. The molecule has 1 aromatic carbocycles. The maximum atomic E-state index is 12.9. The first-order valence-electron chi connectivity index (χ1n) is 9.84. The first kappa shape index (κ1) is 18.9. The van der Waals surface area contributed by atoms with E-state index < -0.39 is 5.79 Å². The molecule has 2 aromatic rings. The van der Waals surface area contributed by atoms with Crippen LogP contribution in [0.25, 0.3) is 0 Å². The SMILES string of the molecule is Cc1cc(C)c(Nc2ccnc(C(=O)N3CCC4(CC3)OCCO4)c2)c(C)c1.